The molecule has 0 heterocycles. The molecule has 0 radical (unpaired) electrons. The molecule has 1 aliphatic carbocycles. The van der Waals surface area contributed by atoms with Gasteiger partial charge in [-0.15, -0.1) is 0 Å². The van der Waals surface area contributed by atoms with Crippen molar-refractivity contribution in [3.05, 3.63) is 23.8 Å². The predicted octanol–water partition coefficient (Wildman–Crippen LogP) is 0.804. The van der Waals surface area contributed by atoms with Gasteiger partial charge < -0.3 is 5.73 Å². The third-order valence-electron chi connectivity index (χ3n) is 4.15. The van der Waals surface area contributed by atoms with Crippen LogP contribution in [0, 0.1) is 12.8 Å². The fraction of sp³-hybridized carbons (Fsp3) is 0.571. The van der Waals surface area contributed by atoms with Gasteiger partial charge >= 0.3 is 0 Å². The zero-order chi connectivity index (χ0) is 16.5. The quantitative estimate of drug-likeness (QED) is 0.820. The molecule has 124 valence electrons. The Kier molecular flexibility index (Phi) is 4.96. The van der Waals surface area contributed by atoms with Gasteiger partial charge in [0.15, 0.2) is 9.84 Å². The second-order valence-electron chi connectivity index (χ2n) is 5.85. The van der Waals surface area contributed by atoms with Crippen molar-refractivity contribution >= 4 is 19.9 Å². The fourth-order valence-electron chi connectivity index (χ4n) is 2.84. The summed E-state index contributed by atoms with van der Waals surface area (Å²) in [5, 5.41) is 0. The summed E-state index contributed by atoms with van der Waals surface area (Å²) in [5.74, 6) is 0.133. The fourth-order valence-corrected chi connectivity index (χ4v) is 5.17. The number of sulfonamides is 1. The van der Waals surface area contributed by atoms with Crippen molar-refractivity contribution in [1.29, 1.82) is 0 Å². The third-order valence-corrected chi connectivity index (χ3v) is 6.89. The first-order valence-electron chi connectivity index (χ1n) is 7.18. The molecule has 1 aliphatic rings. The molecule has 1 aromatic rings. The van der Waals surface area contributed by atoms with Crippen LogP contribution in [-0.2, 0) is 19.9 Å². The molecule has 1 fully saturated rings. The molecule has 0 spiro atoms. The summed E-state index contributed by atoms with van der Waals surface area (Å²) in [6, 6.07) is 3.97. The lowest BCUT2D eigenvalue weighted by molar-refractivity contribution is 0.452. The highest BCUT2D eigenvalue weighted by atomic mass is 32.2. The molecule has 0 aliphatic heterocycles. The summed E-state index contributed by atoms with van der Waals surface area (Å²) in [6.45, 7) is 2.09. The number of benzene rings is 1. The predicted molar refractivity (Wildman–Crippen MR) is 84.8 cm³/mol. The highest BCUT2D eigenvalue weighted by Crippen LogP contribution is 2.27. The Morgan fingerprint density at radius 2 is 1.91 bits per heavy atom. The van der Waals surface area contributed by atoms with E-state index in [-0.39, 0.29) is 21.8 Å². The SMILES string of the molecule is Cc1ccc(S(C)(=O)=O)cc1S(=O)(=O)N[C@@H]1CCC[C@H]1CN. The molecule has 3 N–H and O–H groups in total. The number of nitrogens with two attached hydrogens (primary N) is 1. The lowest BCUT2D eigenvalue weighted by Gasteiger charge is -2.20. The van der Waals surface area contributed by atoms with Gasteiger partial charge in [0.2, 0.25) is 10.0 Å². The van der Waals surface area contributed by atoms with Crippen LogP contribution in [0.3, 0.4) is 0 Å². The van der Waals surface area contributed by atoms with Crippen LogP contribution >= 0.6 is 0 Å². The monoisotopic (exact) mass is 346 g/mol. The molecule has 1 aromatic carbocycles. The van der Waals surface area contributed by atoms with E-state index >= 15 is 0 Å². The summed E-state index contributed by atoms with van der Waals surface area (Å²) < 4.78 is 51.2. The normalized spacial score (nSPS) is 22.9. The number of sulfone groups is 1. The zero-order valence-electron chi connectivity index (χ0n) is 12.7. The molecule has 22 heavy (non-hydrogen) atoms. The molecular weight excluding hydrogens is 324 g/mol. The van der Waals surface area contributed by atoms with Gasteiger partial charge in [-0.05, 0) is 49.9 Å². The van der Waals surface area contributed by atoms with E-state index in [9.17, 15) is 16.8 Å². The Morgan fingerprint density at radius 3 is 2.50 bits per heavy atom. The van der Waals surface area contributed by atoms with Crippen LogP contribution < -0.4 is 10.5 Å². The molecule has 0 saturated heterocycles. The molecule has 6 nitrogen and oxygen atoms in total. The number of rotatable bonds is 5. The molecule has 0 unspecified atom stereocenters. The molecule has 2 atom stereocenters. The summed E-state index contributed by atoms with van der Waals surface area (Å²) in [5.41, 5.74) is 6.19. The highest BCUT2D eigenvalue weighted by Gasteiger charge is 2.31. The minimum Gasteiger partial charge on any atom is -0.330 e. The average molecular weight is 346 g/mol. The van der Waals surface area contributed by atoms with Gasteiger partial charge in [-0.25, -0.2) is 21.6 Å². The first-order chi connectivity index (χ1) is 10.1. The van der Waals surface area contributed by atoms with Gasteiger partial charge in [-0.3, -0.25) is 0 Å². The lowest BCUT2D eigenvalue weighted by Crippen LogP contribution is -2.40. The van der Waals surface area contributed by atoms with E-state index in [1.807, 2.05) is 0 Å². The smallest absolute Gasteiger partial charge is 0.241 e. The van der Waals surface area contributed by atoms with Crippen LogP contribution in [0.4, 0.5) is 0 Å². The van der Waals surface area contributed by atoms with Crippen LogP contribution in [0.2, 0.25) is 0 Å². The van der Waals surface area contributed by atoms with Crippen LogP contribution in [0.1, 0.15) is 24.8 Å². The maximum Gasteiger partial charge on any atom is 0.241 e. The van der Waals surface area contributed by atoms with Crippen LogP contribution in [0.5, 0.6) is 0 Å². The van der Waals surface area contributed by atoms with E-state index in [2.05, 4.69) is 4.72 Å². The van der Waals surface area contributed by atoms with Gasteiger partial charge in [0.1, 0.15) is 0 Å². The molecule has 0 bridgehead atoms. The molecular formula is C14H22N2O4S2. The van der Waals surface area contributed by atoms with Crippen LogP contribution in [0.15, 0.2) is 28.0 Å². The van der Waals surface area contributed by atoms with Crippen molar-refractivity contribution in [2.75, 3.05) is 12.8 Å². The zero-order valence-corrected chi connectivity index (χ0v) is 14.4. The summed E-state index contributed by atoms with van der Waals surface area (Å²) in [6.07, 6.45) is 3.66. The van der Waals surface area contributed by atoms with Gasteiger partial charge in [0.25, 0.3) is 0 Å². The summed E-state index contributed by atoms with van der Waals surface area (Å²) in [4.78, 5) is 0.0124. The first kappa shape index (κ1) is 17.4. The number of hydrogen-bond donors (Lipinski definition) is 2. The topological polar surface area (TPSA) is 106 Å². The number of nitrogens with one attached hydrogen (secondary N) is 1. The van der Waals surface area contributed by atoms with E-state index in [0.717, 1.165) is 25.5 Å². The minimum atomic E-state index is -3.77. The van der Waals surface area contributed by atoms with E-state index in [1.165, 1.54) is 18.2 Å². The van der Waals surface area contributed by atoms with E-state index in [0.29, 0.717) is 12.1 Å². The van der Waals surface area contributed by atoms with Gasteiger partial charge in [-0.2, -0.15) is 0 Å². The number of aryl methyl sites for hydroxylation is 1. The minimum absolute atomic E-state index is 0.000252. The second-order valence-corrected chi connectivity index (χ2v) is 9.55. The maximum absolute atomic E-state index is 12.6. The third kappa shape index (κ3) is 3.68. The van der Waals surface area contributed by atoms with Crippen molar-refractivity contribution < 1.29 is 16.8 Å². The highest BCUT2D eigenvalue weighted by molar-refractivity contribution is 7.91. The lowest BCUT2D eigenvalue weighted by atomic mass is 10.1. The van der Waals surface area contributed by atoms with E-state index < -0.39 is 19.9 Å². The van der Waals surface area contributed by atoms with Crippen molar-refractivity contribution in [3.63, 3.8) is 0 Å². The van der Waals surface area contributed by atoms with Crippen molar-refractivity contribution in [1.82, 2.24) is 4.72 Å². The molecule has 0 amide bonds. The Hall–Kier alpha value is -0.960. The Labute approximate surface area is 132 Å². The Bertz CT molecular complexity index is 757. The van der Waals surface area contributed by atoms with Gasteiger partial charge in [0.05, 0.1) is 9.79 Å². The van der Waals surface area contributed by atoms with Crippen molar-refractivity contribution in [2.24, 2.45) is 11.7 Å². The largest absolute Gasteiger partial charge is 0.330 e. The van der Waals surface area contributed by atoms with E-state index in [4.69, 9.17) is 5.73 Å². The van der Waals surface area contributed by atoms with Crippen molar-refractivity contribution in [2.45, 2.75) is 42.0 Å². The average Bonchev–Trinajstić information content (AvgIpc) is 2.84. The van der Waals surface area contributed by atoms with Gasteiger partial charge in [-0.1, -0.05) is 12.5 Å². The Morgan fingerprint density at radius 1 is 1.23 bits per heavy atom. The molecule has 1 saturated carbocycles. The molecule has 8 heteroatoms. The molecule has 2 rings (SSSR count). The summed E-state index contributed by atoms with van der Waals surface area (Å²) in [7, 11) is -7.23. The van der Waals surface area contributed by atoms with Crippen LogP contribution in [0.25, 0.3) is 0 Å². The van der Waals surface area contributed by atoms with Gasteiger partial charge in [0, 0.05) is 12.3 Å². The first-order valence-corrected chi connectivity index (χ1v) is 10.6. The van der Waals surface area contributed by atoms with E-state index in [1.54, 1.807) is 6.92 Å². The number of hydrogen-bond acceptors (Lipinski definition) is 5. The maximum atomic E-state index is 12.6. The molecule has 0 aromatic heterocycles. The summed E-state index contributed by atoms with van der Waals surface area (Å²) >= 11 is 0. The second kappa shape index (κ2) is 6.27. The van der Waals surface area contributed by atoms with Crippen LogP contribution in [-0.4, -0.2) is 35.7 Å². The van der Waals surface area contributed by atoms with Crippen molar-refractivity contribution in [3.8, 4) is 0 Å². The Balaban J connectivity index is 2.37. The standard InChI is InChI=1S/C14H22N2O4S2/c1-10-6-7-12(21(2,17)18)8-14(10)22(19,20)16-13-5-3-4-11(13)9-15/h6-8,11,13,16H,3-5,9,15H2,1-2H3/t11-,13+/m0/s1.